The van der Waals surface area contributed by atoms with Crippen molar-refractivity contribution in [3.63, 3.8) is 0 Å². The summed E-state index contributed by atoms with van der Waals surface area (Å²) in [6.45, 7) is 10.4. The van der Waals surface area contributed by atoms with E-state index in [2.05, 4.69) is 159 Å². The first-order valence-electron chi connectivity index (χ1n) is 17.7. The van der Waals surface area contributed by atoms with Gasteiger partial charge in [0.05, 0.1) is 22.2 Å². The van der Waals surface area contributed by atoms with Crippen LogP contribution in [0.4, 0.5) is 0 Å². The molecule has 10 rings (SSSR count). The molecule has 3 heterocycles. The fourth-order valence-electron chi connectivity index (χ4n) is 7.32. The monoisotopic (exact) mass is 677 g/mol. The van der Waals surface area contributed by atoms with Crippen LogP contribution in [-0.2, 0) is 0 Å². The number of aryl methyl sites for hydroxylation is 3. The Hall–Kier alpha value is -5.84. The fourth-order valence-corrected chi connectivity index (χ4v) is 8.58. The van der Waals surface area contributed by atoms with Gasteiger partial charge < -0.3 is 0 Å². The summed E-state index contributed by atoms with van der Waals surface area (Å²) in [5.41, 5.74) is 9.61. The third kappa shape index (κ3) is 5.53. The topological polar surface area (TPSA) is 30.7 Å². The van der Waals surface area contributed by atoms with E-state index in [0.29, 0.717) is 0 Å². The van der Waals surface area contributed by atoms with Crippen molar-refractivity contribution < 1.29 is 0 Å². The summed E-state index contributed by atoms with van der Waals surface area (Å²) in [5, 5.41) is 8.66. The molecule has 10 aromatic rings. The van der Waals surface area contributed by atoms with E-state index < -0.39 is 0 Å². The van der Waals surface area contributed by atoms with Crippen molar-refractivity contribution in [2.24, 2.45) is 0 Å². The largest absolute Gasteiger partial charge is 0.277 e. The molecule has 0 atom stereocenters. The molecule has 248 valence electrons. The Morgan fingerprint density at radius 1 is 0.490 bits per heavy atom. The van der Waals surface area contributed by atoms with Crippen molar-refractivity contribution in [2.45, 2.75) is 34.6 Å². The number of hydrogen-bond donors (Lipinski definition) is 0. The van der Waals surface area contributed by atoms with Gasteiger partial charge in [-0.1, -0.05) is 141 Å². The molecule has 0 fully saturated rings. The van der Waals surface area contributed by atoms with Crippen LogP contribution in [0.2, 0.25) is 0 Å². The Kier molecular flexibility index (Phi) is 8.55. The lowest BCUT2D eigenvalue weighted by Gasteiger charge is -2.11. The van der Waals surface area contributed by atoms with Crippen LogP contribution in [0.3, 0.4) is 0 Å². The first kappa shape index (κ1) is 32.4. The van der Waals surface area contributed by atoms with Gasteiger partial charge in [0.25, 0.3) is 0 Å². The molecule has 0 spiro atoms. The highest BCUT2D eigenvalue weighted by Gasteiger charge is 2.20. The molecular formula is C47H39N3S. The van der Waals surface area contributed by atoms with Crippen molar-refractivity contribution >= 4 is 75.0 Å². The lowest BCUT2D eigenvalue weighted by molar-refractivity contribution is 0.991. The minimum atomic E-state index is 0.720. The molecule has 0 N–H and O–H groups in total. The molecule has 0 amide bonds. The molecule has 0 saturated heterocycles. The van der Waals surface area contributed by atoms with Gasteiger partial charge in [-0.15, -0.1) is 11.3 Å². The molecule has 0 aliphatic heterocycles. The quantitative estimate of drug-likeness (QED) is 0.182. The molecule has 0 radical (unpaired) electrons. The third-order valence-corrected chi connectivity index (χ3v) is 10.9. The minimum absolute atomic E-state index is 0.720. The maximum Gasteiger partial charge on any atom is 0.235 e. The number of aromatic nitrogens is 3. The predicted octanol–water partition coefficient (Wildman–Crippen LogP) is 13.6. The van der Waals surface area contributed by atoms with Crippen LogP contribution >= 0.6 is 11.3 Å². The third-order valence-electron chi connectivity index (χ3n) is 9.72. The normalized spacial score (nSPS) is 11.2. The Morgan fingerprint density at radius 3 is 1.76 bits per heavy atom. The van der Waals surface area contributed by atoms with Gasteiger partial charge >= 0.3 is 0 Å². The van der Waals surface area contributed by atoms with Crippen LogP contribution in [0, 0.1) is 20.8 Å². The van der Waals surface area contributed by atoms with Gasteiger partial charge in [0.15, 0.2) is 0 Å². The standard InChI is InChI=1S/C31H19N3S.C14H14.C2H6/c1-18-20-8-2-5-11-25(20)33-31(32-18)34-26-12-6-3-9-21(26)23-16-14-19-15-17-24-22-10-4-7-13-27(22)35-30(24)28(19)29(23)34;1-11-7-3-5-9-13(11)14-10-6-4-8-12(14)2;1-2/h2-17H,1H3;3-10H,1-2H3;1-2H3. The predicted molar refractivity (Wildman–Crippen MR) is 222 cm³/mol. The lowest BCUT2D eigenvalue weighted by atomic mass is 9.97. The lowest BCUT2D eigenvalue weighted by Crippen LogP contribution is -2.03. The van der Waals surface area contributed by atoms with Crippen molar-refractivity contribution in [3.05, 3.63) is 162 Å². The van der Waals surface area contributed by atoms with Crippen LogP contribution in [0.5, 0.6) is 0 Å². The van der Waals surface area contributed by atoms with Crippen molar-refractivity contribution in [3.8, 4) is 17.1 Å². The second kappa shape index (κ2) is 13.5. The van der Waals surface area contributed by atoms with Crippen LogP contribution in [0.25, 0.3) is 80.7 Å². The summed E-state index contributed by atoms with van der Waals surface area (Å²) in [4.78, 5) is 10.1. The first-order chi connectivity index (χ1) is 25.1. The summed E-state index contributed by atoms with van der Waals surface area (Å²) in [6, 6.07) is 51.6. The minimum Gasteiger partial charge on any atom is -0.277 e. The van der Waals surface area contributed by atoms with Gasteiger partial charge in [-0.2, -0.15) is 0 Å². The van der Waals surface area contributed by atoms with Crippen molar-refractivity contribution in [1.82, 2.24) is 14.5 Å². The van der Waals surface area contributed by atoms with E-state index in [4.69, 9.17) is 9.97 Å². The molecule has 0 unspecified atom stereocenters. The van der Waals surface area contributed by atoms with Gasteiger partial charge in [-0.05, 0) is 66.6 Å². The first-order valence-corrected chi connectivity index (χ1v) is 18.5. The van der Waals surface area contributed by atoms with Gasteiger partial charge in [0.1, 0.15) is 0 Å². The zero-order chi connectivity index (χ0) is 35.1. The SMILES string of the molecule is CC.Cc1ccccc1-c1ccccc1C.Cc1nc(-n2c3ccccc3c3ccc4ccc5c6ccccc6sc5c4c32)nc2ccccc12. The van der Waals surface area contributed by atoms with Crippen LogP contribution < -0.4 is 0 Å². The van der Waals surface area contributed by atoms with E-state index >= 15 is 0 Å². The average Bonchev–Trinajstić information content (AvgIpc) is 3.73. The molecular weight excluding hydrogens is 639 g/mol. The Labute approximate surface area is 302 Å². The Balaban J connectivity index is 0.000000197. The molecule has 0 bridgehead atoms. The smallest absolute Gasteiger partial charge is 0.235 e. The van der Waals surface area contributed by atoms with E-state index in [0.717, 1.165) is 28.1 Å². The second-order valence-corrected chi connectivity index (χ2v) is 13.8. The average molecular weight is 678 g/mol. The van der Waals surface area contributed by atoms with E-state index in [1.807, 2.05) is 37.3 Å². The number of thiophene rings is 1. The highest BCUT2D eigenvalue weighted by atomic mass is 32.1. The summed E-state index contributed by atoms with van der Waals surface area (Å²) in [5.74, 6) is 0.720. The maximum atomic E-state index is 5.06. The number of hydrogen-bond acceptors (Lipinski definition) is 3. The van der Waals surface area contributed by atoms with Crippen LogP contribution in [0.1, 0.15) is 30.7 Å². The van der Waals surface area contributed by atoms with Gasteiger partial charge in [-0.25, -0.2) is 9.97 Å². The number of fused-ring (bicyclic) bond motifs is 10. The highest BCUT2D eigenvalue weighted by Crippen LogP contribution is 2.43. The van der Waals surface area contributed by atoms with Crippen molar-refractivity contribution in [2.75, 3.05) is 0 Å². The number of benzene rings is 7. The van der Waals surface area contributed by atoms with E-state index in [1.165, 1.54) is 69.5 Å². The number of para-hydroxylation sites is 2. The molecule has 51 heavy (non-hydrogen) atoms. The molecule has 0 aliphatic carbocycles. The number of nitrogens with zero attached hydrogens (tertiary/aromatic N) is 3. The second-order valence-electron chi connectivity index (χ2n) is 12.7. The zero-order valence-electron chi connectivity index (χ0n) is 29.6. The fraction of sp³-hybridized carbons (Fsp3) is 0.106. The Bertz CT molecular complexity index is 2830. The summed E-state index contributed by atoms with van der Waals surface area (Å²) >= 11 is 1.87. The molecule has 3 nitrogen and oxygen atoms in total. The Morgan fingerprint density at radius 2 is 1.06 bits per heavy atom. The van der Waals surface area contributed by atoms with Gasteiger partial charge in [-0.3, -0.25) is 4.57 Å². The van der Waals surface area contributed by atoms with E-state index in [1.54, 1.807) is 0 Å². The van der Waals surface area contributed by atoms with Crippen LogP contribution in [0.15, 0.2) is 146 Å². The maximum absolute atomic E-state index is 5.06. The van der Waals surface area contributed by atoms with Gasteiger partial charge in [0, 0.05) is 41.7 Å². The summed E-state index contributed by atoms with van der Waals surface area (Å²) in [6.07, 6.45) is 0. The van der Waals surface area contributed by atoms with Gasteiger partial charge in [0.2, 0.25) is 5.95 Å². The molecule has 7 aromatic carbocycles. The molecule has 0 saturated carbocycles. The van der Waals surface area contributed by atoms with E-state index in [9.17, 15) is 0 Å². The summed E-state index contributed by atoms with van der Waals surface area (Å²) < 4.78 is 4.90. The highest BCUT2D eigenvalue weighted by molar-refractivity contribution is 7.26. The molecule has 0 aliphatic rings. The van der Waals surface area contributed by atoms with Crippen LogP contribution in [-0.4, -0.2) is 14.5 Å². The zero-order valence-corrected chi connectivity index (χ0v) is 30.4. The summed E-state index contributed by atoms with van der Waals surface area (Å²) in [7, 11) is 0. The molecule has 3 aromatic heterocycles. The number of rotatable bonds is 2. The molecule has 4 heteroatoms. The van der Waals surface area contributed by atoms with Crippen molar-refractivity contribution in [1.29, 1.82) is 0 Å². The van der Waals surface area contributed by atoms with E-state index in [-0.39, 0.29) is 0 Å².